The Hall–Kier alpha value is -2.84. The molecule has 2 aromatic heterocycles. The van der Waals surface area contributed by atoms with Crippen LogP contribution in [0.25, 0.3) is 16.9 Å². The summed E-state index contributed by atoms with van der Waals surface area (Å²) < 4.78 is 1.87. The summed E-state index contributed by atoms with van der Waals surface area (Å²) in [6, 6.07) is 9.35. The molecule has 0 spiro atoms. The molecule has 6 heteroatoms. The highest BCUT2D eigenvalue weighted by molar-refractivity contribution is 6.33. The van der Waals surface area contributed by atoms with Gasteiger partial charge in [-0.25, -0.2) is 9.97 Å². The van der Waals surface area contributed by atoms with Crippen molar-refractivity contribution in [2.45, 2.75) is 6.92 Å². The molecular weight excluding hydrogens is 298 g/mol. The van der Waals surface area contributed by atoms with E-state index in [1.165, 1.54) is 6.33 Å². The van der Waals surface area contributed by atoms with Gasteiger partial charge in [0.1, 0.15) is 18.2 Å². The molecule has 3 rings (SSSR count). The number of hydrogen-bond acceptors (Lipinski definition) is 4. The van der Waals surface area contributed by atoms with Crippen molar-refractivity contribution in [1.82, 2.24) is 14.5 Å². The molecule has 108 valence electrons. The number of aryl methyl sites for hydroxylation is 1. The molecule has 0 radical (unpaired) electrons. The van der Waals surface area contributed by atoms with Gasteiger partial charge in [-0.15, -0.1) is 0 Å². The molecule has 0 atom stereocenters. The van der Waals surface area contributed by atoms with Gasteiger partial charge in [-0.3, -0.25) is 0 Å². The minimum Gasteiger partial charge on any atom is -0.384 e. The fraction of sp³-hybridized carbons (Fsp3) is 0.0625. The first-order valence-electron chi connectivity index (χ1n) is 6.55. The van der Waals surface area contributed by atoms with Crippen LogP contribution in [0.1, 0.15) is 11.1 Å². The average molecular weight is 310 g/mol. The van der Waals surface area contributed by atoms with Gasteiger partial charge >= 0.3 is 0 Å². The lowest BCUT2D eigenvalue weighted by molar-refractivity contribution is 1.06. The summed E-state index contributed by atoms with van der Waals surface area (Å²) in [7, 11) is 0. The first kappa shape index (κ1) is 14.1. The number of nitrogens with two attached hydrogens (primary N) is 1. The largest absolute Gasteiger partial charge is 0.384 e. The second-order valence-corrected chi connectivity index (χ2v) is 5.27. The molecule has 0 unspecified atom stereocenters. The molecule has 5 nitrogen and oxygen atoms in total. The lowest BCUT2D eigenvalue weighted by atomic mass is 10.1. The summed E-state index contributed by atoms with van der Waals surface area (Å²) in [6.07, 6.45) is 5.01. The third kappa shape index (κ3) is 2.52. The van der Waals surface area contributed by atoms with E-state index in [9.17, 15) is 0 Å². The molecule has 1 aromatic carbocycles. The van der Waals surface area contributed by atoms with E-state index in [-0.39, 0.29) is 0 Å². The zero-order valence-corrected chi connectivity index (χ0v) is 12.5. The number of hydrogen-bond donors (Lipinski definition) is 1. The van der Waals surface area contributed by atoms with Crippen molar-refractivity contribution in [1.29, 1.82) is 5.26 Å². The predicted molar refractivity (Wildman–Crippen MR) is 85.7 cm³/mol. The van der Waals surface area contributed by atoms with E-state index in [1.54, 1.807) is 18.3 Å². The van der Waals surface area contributed by atoms with E-state index in [0.717, 1.165) is 16.8 Å². The number of rotatable bonds is 2. The Morgan fingerprint density at radius 3 is 2.77 bits per heavy atom. The fourth-order valence-corrected chi connectivity index (χ4v) is 2.53. The molecule has 0 saturated carbocycles. The van der Waals surface area contributed by atoms with Crippen LogP contribution in [0.2, 0.25) is 5.02 Å². The first-order valence-corrected chi connectivity index (χ1v) is 6.93. The van der Waals surface area contributed by atoms with Crippen molar-refractivity contribution in [2.24, 2.45) is 0 Å². The van der Waals surface area contributed by atoms with Crippen LogP contribution < -0.4 is 5.73 Å². The van der Waals surface area contributed by atoms with Gasteiger partial charge in [0, 0.05) is 29.7 Å². The third-order valence-corrected chi connectivity index (χ3v) is 3.66. The molecule has 0 aliphatic rings. The number of aromatic nitrogens is 3. The van der Waals surface area contributed by atoms with Crippen molar-refractivity contribution in [2.75, 3.05) is 5.73 Å². The topological polar surface area (TPSA) is 80.5 Å². The third-order valence-electron chi connectivity index (χ3n) is 3.35. The Morgan fingerprint density at radius 2 is 2.09 bits per heavy atom. The van der Waals surface area contributed by atoms with Crippen LogP contribution in [0, 0.1) is 18.3 Å². The Labute approximate surface area is 132 Å². The summed E-state index contributed by atoms with van der Waals surface area (Å²) in [5, 5.41) is 9.49. The number of nitrogen functional groups attached to an aromatic ring is 1. The maximum Gasteiger partial charge on any atom is 0.127 e. The predicted octanol–water partition coefficient (Wildman–Crippen LogP) is 3.35. The summed E-state index contributed by atoms with van der Waals surface area (Å²) in [5.41, 5.74) is 9.69. The second kappa shape index (κ2) is 5.51. The molecule has 0 fully saturated rings. The van der Waals surface area contributed by atoms with Gasteiger partial charge in [-0.05, 0) is 30.7 Å². The zero-order chi connectivity index (χ0) is 15.7. The summed E-state index contributed by atoms with van der Waals surface area (Å²) in [4.78, 5) is 8.09. The average Bonchev–Trinajstić information content (AvgIpc) is 2.98. The normalized spacial score (nSPS) is 10.4. The Bertz CT molecular complexity index is 892. The standard InChI is InChI=1S/C16H12ClN5/c1-10-4-12(14-6-16(19)21-9-20-14)13(17)5-15(10)22-3-2-11(7-18)8-22/h2-6,8-9H,1H3,(H2,19,20,21). The van der Waals surface area contributed by atoms with Gasteiger partial charge in [0.2, 0.25) is 0 Å². The van der Waals surface area contributed by atoms with E-state index in [4.69, 9.17) is 22.6 Å². The van der Waals surface area contributed by atoms with Crippen molar-refractivity contribution < 1.29 is 0 Å². The minimum absolute atomic E-state index is 0.395. The molecule has 2 N–H and O–H groups in total. The van der Waals surface area contributed by atoms with Crippen molar-refractivity contribution >= 4 is 17.4 Å². The van der Waals surface area contributed by atoms with Gasteiger partial charge in [0.15, 0.2) is 0 Å². The van der Waals surface area contributed by atoms with E-state index in [2.05, 4.69) is 16.0 Å². The first-order chi connectivity index (χ1) is 10.6. The molecule has 0 saturated heterocycles. The van der Waals surface area contributed by atoms with E-state index in [1.807, 2.05) is 29.8 Å². The van der Waals surface area contributed by atoms with Crippen LogP contribution in [0.5, 0.6) is 0 Å². The maximum atomic E-state index is 8.93. The Balaban J connectivity index is 2.10. The van der Waals surface area contributed by atoms with Crippen LogP contribution in [0.4, 0.5) is 5.82 Å². The van der Waals surface area contributed by atoms with Crippen LogP contribution in [-0.2, 0) is 0 Å². The smallest absolute Gasteiger partial charge is 0.127 e. The summed E-state index contributed by atoms with van der Waals surface area (Å²) in [6.45, 7) is 1.98. The molecule has 0 amide bonds. The highest BCUT2D eigenvalue weighted by Crippen LogP contribution is 2.31. The molecular formula is C16H12ClN5. The molecule has 2 heterocycles. The molecule has 0 aliphatic heterocycles. The SMILES string of the molecule is Cc1cc(-c2cc(N)ncn2)c(Cl)cc1-n1ccc(C#N)c1. The maximum absolute atomic E-state index is 8.93. The fourth-order valence-electron chi connectivity index (χ4n) is 2.28. The monoisotopic (exact) mass is 309 g/mol. The molecule has 3 aromatic rings. The molecule has 22 heavy (non-hydrogen) atoms. The Kier molecular flexibility index (Phi) is 3.53. The van der Waals surface area contributed by atoms with Crippen molar-refractivity contribution in [3.8, 4) is 23.0 Å². The highest BCUT2D eigenvalue weighted by Gasteiger charge is 2.11. The Morgan fingerprint density at radius 1 is 1.27 bits per heavy atom. The van der Waals surface area contributed by atoms with Gasteiger partial charge in [0.05, 0.1) is 16.3 Å². The number of anilines is 1. The van der Waals surface area contributed by atoms with Crippen LogP contribution in [0.3, 0.4) is 0 Å². The van der Waals surface area contributed by atoms with Crippen LogP contribution in [0.15, 0.2) is 43.0 Å². The number of nitrogens with zero attached hydrogens (tertiary/aromatic N) is 4. The quantitative estimate of drug-likeness (QED) is 0.787. The summed E-state index contributed by atoms with van der Waals surface area (Å²) >= 11 is 6.40. The van der Waals surface area contributed by atoms with Crippen molar-refractivity contribution in [3.63, 3.8) is 0 Å². The van der Waals surface area contributed by atoms with Gasteiger partial charge in [-0.2, -0.15) is 5.26 Å². The lowest BCUT2D eigenvalue weighted by Crippen LogP contribution is -1.97. The van der Waals surface area contributed by atoms with E-state index in [0.29, 0.717) is 22.1 Å². The van der Waals surface area contributed by atoms with Crippen molar-refractivity contribution in [3.05, 3.63) is 59.1 Å². The lowest BCUT2D eigenvalue weighted by Gasteiger charge is -2.12. The number of halogens is 1. The van der Waals surface area contributed by atoms with E-state index >= 15 is 0 Å². The number of benzene rings is 1. The number of nitriles is 1. The molecule has 0 aliphatic carbocycles. The molecule has 0 bridgehead atoms. The van der Waals surface area contributed by atoms with Gasteiger partial charge in [0.25, 0.3) is 0 Å². The minimum atomic E-state index is 0.395. The van der Waals surface area contributed by atoms with E-state index < -0.39 is 0 Å². The van der Waals surface area contributed by atoms with Crippen LogP contribution >= 0.6 is 11.6 Å². The second-order valence-electron chi connectivity index (χ2n) is 4.87. The van der Waals surface area contributed by atoms with Crippen LogP contribution in [-0.4, -0.2) is 14.5 Å². The summed E-state index contributed by atoms with van der Waals surface area (Å²) in [5.74, 6) is 0.395. The zero-order valence-electron chi connectivity index (χ0n) is 11.8. The van der Waals surface area contributed by atoms with Gasteiger partial charge < -0.3 is 10.3 Å². The highest BCUT2D eigenvalue weighted by atomic mass is 35.5. The van der Waals surface area contributed by atoms with Gasteiger partial charge in [-0.1, -0.05) is 11.6 Å².